The van der Waals surface area contributed by atoms with Crippen LogP contribution in [0.25, 0.3) is 5.69 Å². The predicted octanol–water partition coefficient (Wildman–Crippen LogP) is 2.83. The molecule has 2 heterocycles. The maximum absolute atomic E-state index is 6.18. The summed E-state index contributed by atoms with van der Waals surface area (Å²) >= 11 is 6.18. The summed E-state index contributed by atoms with van der Waals surface area (Å²) in [6, 6.07) is 9.39. The molecular formula is C13H12ClN5O. The fourth-order valence-electron chi connectivity index (χ4n) is 1.83. The molecule has 0 saturated heterocycles. The number of rotatable bonds is 4. The van der Waals surface area contributed by atoms with Crippen LogP contribution in [0.3, 0.4) is 0 Å². The van der Waals surface area contributed by atoms with Crippen LogP contribution in [-0.2, 0) is 6.54 Å². The van der Waals surface area contributed by atoms with Gasteiger partial charge in [0.05, 0.1) is 22.9 Å². The Kier molecular flexibility index (Phi) is 3.39. The molecule has 1 N–H and O–H groups in total. The maximum atomic E-state index is 6.18. The van der Waals surface area contributed by atoms with Crippen LogP contribution >= 0.6 is 11.6 Å². The van der Waals surface area contributed by atoms with Crippen LogP contribution in [0, 0.1) is 6.92 Å². The standard InChI is InChI=1S/C13H12ClN5O/c1-9-2-4-11(20-9)7-15-13-6-10(3-5-12(13)14)19-8-16-17-18-19/h2-6,8,15H,7H2,1H3. The summed E-state index contributed by atoms with van der Waals surface area (Å²) in [6.45, 7) is 2.47. The minimum atomic E-state index is 0.562. The van der Waals surface area contributed by atoms with Crippen molar-refractivity contribution in [2.45, 2.75) is 13.5 Å². The monoisotopic (exact) mass is 289 g/mol. The second kappa shape index (κ2) is 5.34. The van der Waals surface area contributed by atoms with E-state index in [2.05, 4.69) is 20.8 Å². The van der Waals surface area contributed by atoms with Crippen LogP contribution in [0.2, 0.25) is 5.02 Å². The number of nitrogens with one attached hydrogen (secondary N) is 1. The molecule has 7 heteroatoms. The Hall–Kier alpha value is -2.34. The first kappa shape index (κ1) is 12.7. The molecular weight excluding hydrogens is 278 g/mol. The predicted molar refractivity (Wildman–Crippen MR) is 74.9 cm³/mol. The van der Waals surface area contributed by atoms with Gasteiger partial charge in [-0.1, -0.05) is 11.6 Å². The normalized spacial score (nSPS) is 10.7. The zero-order valence-corrected chi connectivity index (χ0v) is 11.5. The lowest BCUT2D eigenvalue weighted by Crippen LogP contribution is -2.01. The van der Waals surface area contributed by atoms with E-state index in [-0.39, 0.29) is 0 Å². The number of anilines is 1. The molecule has 102 valence electrons. The fraction of sp³-hybridized carbons (Fsp3) is 0.154. The number of hydrogen-bond acceptors (Lipinski definition) is 5. The fourth-order valence-corrected chi connectivity index (χ4v) is 2.02. The SMILES string of the molecule is Cc1ccc(CNc2cc(-n3cnnn3)ccc2Cl)o1. The molecule has 20 heavy (non-hydrogen) atoms. The Balaban J connectivity index is 1.80. The third-order valence-corrected chi connectivity index (χ3v) is 3.14. The summed E-state index contributed by atoms with van der Waals surface area (Å²) in [5.74, 6) is 1.74. The van der Waals surface area contributed by atoms with Crippen LogP contribution in [-0.4, -0.2) is 20.2 Å². The number of hydrogen-bond donors (Lipinski definition) is 1. The van der Waals surface area contributed by atoms with Crippen LogP contribution < -0.4 is 5.32 Å². The van der Waals surface area contributed by atoms with Gasteiger partial charge in [-0.15, -0.1) is 5.10 Å². The molecule has 3 rings (SSSR count). The molecule has 6 nitrogen and oxygen atoms in total. The minimum Gasteiger partial charge on any atom is -0.465 e. The molecule has 0 aliphatic heterocycles. The molecule has 0 aliphatic carbocycles. The molecule has 3 aromatic rings. The smallest absolute Gasteiger partial charge is 0.143 e. The molecule has 0 fully saturated rings. The van der Waals surface area contributed by atoms with Gasteiger partial charge in [-0.05, 0) is 47.7 Å². The molecule has 1 aromatic carbocycles. The van der Waals surface area contributed by atoms with Gasteiger partial charge in [-0.25, -0.2) is 4.68 Å². The third-order valence-electron chi connectivity index (χ3n) is 2.81. The van der Waals surface area contributed by atoms with E-state index in [1.165, 1.54) is 6.33 Å². The van der Waals surface area contributed by atoms with E-state index in [1.807, 2.05) is 31.2 Å². The van der Waals surface area contributed by atoms with Gasteiger partial charge >= 0.3 is 0 Å². The Bertz CT molecular complexity index is 707. The van der Waals surface area contributed by atoms with Gasteiger partial charge in [0.2, 0.25) is 0 Å². The molecule has 0 unspecified atom stereocenters. The first-order chi connectivity index (χ1) is 9.72. The largest absolute Gasteiger partial charge is 0.465 e. The average molecular weight is 290 g/mol. The summed E-state index contributed by atoms with van der Waals surface area (Å²) in [4.78, 5) is 0. The number of benzene rings is 1. The number of aryl methyl sites for hydroxylation is 1. The Morgan fingerprint density at radius 3 is 2.90 bits per heavy atom. The van der Waals surface area contributed by atoms with Crippen LogP contribution in [0.1, 0.15) is 11.5 Å². The molecule has 0 aliphatic rings. The highest BCUT2D eigenvalue weighted by molar-refractivity contribution is 6.33. The number of halogens is 1. The number of tetrazole rings is 1. The molecule has 0 bridgehead atoms. The summed E-state index contributed by atoms with van der Waals surface area (Å²) in [5.41, 5.74) is 1.63. The van der Waals surface area contributed by atoms with Crippen molar-refractivity contribution in [3.63, 3.8) is 0 Å². The molecule has 2 aromatic heterocycles. The van der Waals surface area contributed by atoms with Gasteiger partial charge in [0.15, 0.2) is 0 Å². The second-order valence-corrected chi connectivity index (χ2v) is 4.69. The topological polar surface area (TPSA) is 68.8 Å². The number of furan rings is 1. The van der Waals surface area contributed by atoms with Crippen molar-refractivity contribution < 1.29 is 4.42 Å². The van der Waals surface area contributed by atoms with E-state index < -0.39 is 0 Å². The molecule has 0 amide bonds. The quantitative estimate of drug-likeness (QED) is 0.800. The van der Waals surface area contributed by atoms with E-state index in [1.54, 1.807) is 10.7 Å². The van der Waals surface area contributed by atoms with Crippen LogP contribution in [0.15, 0.2) is 41.1 Å². The average Bonchev–Trinajstić information content (AvgIpc) is 3.09. The van der Waals surface area contributed by atoms with Crippen molar-refractivity contribution >= 4 is 17.3 Å². The van der Waals surface area contributed by atoms with E-state index in [0.29, 0.717) is 11.6 Å². The first-order valence-electron chi connectivity index (χ1n) is 6.04. The van der Waals surface area contributed by atoms with Gasteiger partial charge in [-0.2, -0.15) is 0 Å². The van der Waals surface area contributed by atoms with Gasteiger partial charge in [0.25, 0.3) is 0 Å². The van der Waals surface area contributed by atoms with Crippen LogP contribution in [0.4, 0.5) is 5.69 Å². The Morgan fingerprint density at radius 2 is 2.20 bits per heavy atom. The summed E-state index contributed by atoms with van der Waals surface area (Å²) < 4.78 is 7.07. The third kappa shape index (κ3) is 2.65. The zero-order valence-electron chi connectivity index (χ0n) is 10.7. The van der Waals surface area contributed by atoms with Crippen molar-refractivity contribution in [3.05, 3.63) is 53.2 Å². The lowest BCUT2D eigenvalue weighted by Gasteiger charge is -2.09. The highest BCUT2D eigenvalue weighted by Gasteiger charge is 2.06. The van der Waals surface area contributed by atoms with Gasteiger partial charge in [0, 0.05) is 0 Å². The van der Waals surface area contributed by atoms with E-state index in [4.69, 9.17) is 16.0 Å². The lowest BCUT2D eigenvalue weighted by molar-refractivity contribution is 0.490. The molecule has 0 radical (unpaired) electrons. The van der Waals surface area contributed by atoms with Gasteiger partial charge in [0.1, 0.15) is 17.8 Å². The van der Waals surface area contributed by atoms with E-state index >= 15 is 0 Å². The van der Waals surface area contributed by atoms with Crippen molar-refractivity contribution in [2.75, 3.05) is 5.32 Å². The number of nitrogens with zero attached hydrogens (tertiary/aromatic N) is 4. The second-order valence-electron chi connectivity index (χ2n) is 4.28. The van der Waals surface area contributed by atoms with Crippen molar-refractivity contribution in [1.29, 1.82) is 0 Å². The zero-order chi connectivity index (χ0) is 13.9. The minimum absolute atomic E-state index is 0.562. The molecule has 0 atom stereocenters. The van der Waals surface area contributed by atoms with Gasteiger partial charge < -0.3 is 9.73 Å². The summed E-state index contributed by atoms with van der Waals surface area (Å²) in [6.07, 6.45) is 1.53. The Labute approximate surface area is 120 Å². The maximum Gasteiger partial charge on any atom is 0.143 e. The lowest BCUT2D eigenvalue weighted by atomic mass is 10.2. The first-order valence-corrected chi connectivity index (χ1v) is 6.42. The Morgan fingerprint density at radius 1 is 1.30 bits per heavy atom. The highest BCUT2D eigenvalue weighted by Crippen LogP contribution is 2.25. The van der Waals surface area contributed by atoms with E-state index in [9.17, 15) is 0 Å². The molecule has 0 spiro atoms. The highest BCUT2D eigenvalue weighted by atomic mass is 35.5. The van der Waals surface area contributed by atoms with Crippen LogP contribution in [0.5, 0.6) is 0 Å². The van der Waals surface area contributed by atoms with Crippen molar-refractivity contribution in [2.24, 2.45) is 0 Å². The summed E-state index contributed by atoms with van der Waals surface area (Å²) in [7, 11) is 0. The molecule has 0 saturated carbocycles. The summed E-state index contributed by atoms with van der Waals surface area (Å²) in [5, 5.41) is 14.9. The van der Waals surface area contributed by atoms with E-state index in [0.717, 1.165) is 22.9 Å². The van der Waals surface area contributed by atoms with Crippen molar-refractivity contribution in [3.8, 4) is 5.69 Å². The van der Waals surface area contributed by atoms with Crippen molar-refractivity contribution in [1.82, 2.24) is 20.2 Å². The number of aromatic nitrogens is 4. The van der Waals surface area contributed by atoms with Gasteiger partial charge in [-0.3, -0.25) is 0 Å².